The Hall–Kier alpha value is -2.45. The third-order valence-corrected chi connectivity index (χ3v) is 5.04. The molecule has 0 spiro atoms. The van der Waals surface area contributed by atoms with E-state index in [4.69, 9.17) is 9.15 Å². The highest BCUT2D eigenvalue weighted by atomic mass is 16.5. The summed E-state index contributed by atoms with van der Waals surface area (Å²) in [6, 6.07) is 3.48. The van der Waals surface area contributed by atoms with E-state index in [1.54, 1.807) is 12.1 Å². The molecule has 4 rings (SSSR count). The zero-order valence-electron chi connectivity index (χ0n) is 15.7. The first-order valence-corrected chi connectivity index (χ1v) is 9.23. The molecule has 0 radical (unpaired) electrons. The minimum Gasteiger partial charge on any atom is -0.459 e. The summed E-state index contributed by atoms with van der Waals surface area (Å²) in [6.45, 7) is 4.33. The van der Waals surface area contributed by atoms with Crippen LogP contribution in [0.3, 0.4) is 0 Å². The molecule has 8 nitrogen and oxygen atoms in total. The van der Waals surface area contributed by atoms with E-state index in [1.807, 2.05) is 36.3 Å². The molecule has 2 saturated heterocycles. The summed E-state index contributed by atoms with van der Waals surface area (Å²) in [5.74, 6) is 1.32. The molecular formula is C19H25N5O3. The number of aromatic nitrogens is 2. The average Bonchev–Trinajstić information content (AvgIpc) is 3.04. The van der Waals surface area contributed by atoms with Gasteiger partial charge in [-0.15, -0.1) is 0 Å². The number of carbonyl (C=O) groups is 1. The summed E-state index contributed by atoms with van der Waals surface area (Å²) in [5, 5.41) is 0. The first kappa shape index (κ1) is 17.9. The Morgan fingerprint density at radius 3 is 2.74 bits per heavy atom. The van der Waals surface area contributed by atoms with Gasteiger partial charge < -0.3 is 19.0 Å². The predicted molar refractivity (Wildman–Crippen MR) is 99.5 cm³/mol. The van der Waals surface area contributed by atoms with Crippen LogP contribution in [0.4, 0.5) is 5.95 Å². The number of fused-ring (bicyclic) bond motifs is 3. The third-order valence-electron chi connectivity index (χ3n) is 5.04. The fraction of sp³-hybridized carbons (Fsp3) is 0.526. The molecule has 27 heavy (non-hydrogen) atoms. The first-order chi connectivity index (χ1) is 13.1. The summed E-state index contributed by atoms with van der Waals surface area (Å²) in [5.41, 5.74) is 1.07. The minimum atomic E-state index is -0.0546. The second-order valence-corrected chi connectivity index (χ2v) is 7.47. The van der Waals surface area contributed by atoms with Crippen LogP contribution in [0.1, 0.15) is 16.1 Å². The van der Waals surface area contributed by atoms with Crippen LogP contribution in [-0.4, -0.2) is 78.7 Å². The number of hydrogen-bond acceptors (Lipinski definition) is 7. The molecule has 0 N–H and O–H groups in total. The normalized spacial score (nSPS) is 23.1. The first-order valence-electron chi connectivity index (χ1n) is 9.23. The van der Waals surface area contributed by atoms with Crippen LogP contribution >= 0.6 is 0 Å². The van der Waals surface area contributed by atoms with Crippen molar-refractivity contribution in [2.75, 3.05) is 51.8 Å². The van der Waals surface area contributed by atoms with Crippen LogP contribution in [0.2, 0.25) is 0 Å². The van der Waals surface area contributed by atoms with Gasteiger partial charge in [-0.1, -0.05) is 0 Å². The van der Waals surface area contributed by atoms with E-state index in [0.717, 1.165) is 25.2 Å². The van der Waals surface area contributed by atoms with Gasteiger partial charge in [0.25, 0.3) is 5.91 Å². The second kappa shape index (κ2) is 7.66. The lowest BCUT2D eigenvalue weighted by Gasteiger charge is -2.30. The number of furan rings is 1. The molecule has 2 aliphatic rings. The lowest BCUT2D eigenvalue weighted by Crippen LogP contribution is -2.46. The molecule has 0 saturated carbocycles. The van der Waals surface area contributed by atoms with Gasteiger partial charge in [-0.05, 0) is 12.1 Å². The molecule has 0 aliphatic carbocycles. The molecular weight excluding hydrogens is 346 g/mol. The monoisotopic (exact) mass is 371 g/mol. The maximum atomic E-state index is 12.9. The molecule has 2 fully saturated rings. The van der Waals surface area contributed by atoms with Gasteiger partial charge in [-0.3, -0.25) is 9.69 Å². The van der Waals surface area contributed by atoms with Crippen molar-refractivity contribution < 1.29 is 13.9 Å². The number of ether oxygens (including phenoxy) is 1. The SMILES string of the molecule is CN(C)c1ncc(CN2C[C@@H]3COC[C@H](C2)N(C(=O)c2ccco2)C3)cn1. The standard InChI is InChI=1S/C19H25N5O3/c1-22(2)19-20-6-14(7-21-19)8-23-9-15-10-24(16(11-23)13-26-12-15)18(25)17-4-3-5-27-17/h3-7,15-16H,8-13H2,1-2H3/t15-,16-/m0/s1. The van der Waals surface area contributed by atoms with Gasteiger partial charge in [0.15, 0.2) is 5.76 Å². The van der Waals surface area contributed by atoms with Crippen molar-refractivity contribution in [2.45, 2.75) is 12.6 Å². The van der Waals surface area contributed by atoms with E-state index < -0.39 is 0 Å². The molecule has 144 valence electrons. The van der Waals surface area contributed by atoms with E-state index in [-0.39, 0.29) is 17.9 Å². The molecule has 0 aromatic carbocycles. The number of rotatable bonds is 4. The van der Waals surface area contributed by atoms with Gasteiger partial charge in [0.1, 0.15) is 0 Å². The quantitative estimate of drug-likeness (QED) is 0.797. The molecule has 2 atom stereocenters. The van der Waals surface area contributed by atoms with Gasteiger partial charge in [0.05, 0.1) is 25.5 Å². The van der Waals surface area contributed by atoms with Crippen molar-refractivity contribution in [3.63, 3.8) is 0 Å². The van der Waals surface area contributed by atoms with Gasteiger partial charge in [-0.25, -0.2) is 9.97 Å². The van der Waals surface area contributed by atoms with Crippen LogP contribution in [0.5, 0.6) is 0 Å². The summed E-state index contributed by atoms with van der Waals surface area (Å²) in [6.07, 6.45) is 5.30. The van der Waals surface area contributed by atoms with Gasteiger partial charge >= 0.3 is 0 Å². The molecule has 2 aromatic heterocycles. The van der Waals surface area contributed by atoms with E-state index >= 15 is 0 Å². The Bertz CT molecular complexity index is 762. The summed E-state index contributed by atoms with van der Waals surface area (Å²) in [4.78, 5) is 27.8. The fourth-order valence-corrected chi connectivity index (χ4v) is 3.78. The van der Waals surface area contributed by atoms with E-state index in [2.05, 4.69) is 14.9 Å². The Kier molecular flexibility index (Phi) is 5.09. The lowest BCUT2D eigenvalue weighted by molar-refractivity contribution is 0.0410. The summed E-state index contributed by atoms with van der Waals surface area (Å²) >= 11 is 0. The lowest BCUT2D eigenvalue weighted by atomic mass is 10.1. The van der Waals surface area contributed by atoms with E-state index in [1.165, 1.54) is 6.26 Å². The number of amides is 1. The van der Waals surface area contributed by atoms with Crippen LogP contribution in [0.25, 0.3) is 0 Å². The maximum Gasteiger partial charge on any atom is 0.289 e. The Labute approximate surface area is 158 Å². The van der Waals surface area contributed by atoms with Crippen LogP contribution in [-0.2, 0) is 11.3 Å². The van der Waals surface area contributed by atoms with Crippen molar-refractivity contribution in [3.8, 4) is 0 Å². The molecule has 4 heterocycles. The zero-order valence-corrected chi connectivity index (χ0v) is 15.7. The van der Waals surface area contributed by atoms with Crippen LogP contribution in [0, 0.1) is 5.92 Å². The maximum absolute atomic E-state index is 12.9. The van der Waals surface area contributed by atoms with Crippen molar-refractivity contribution in [2.24, 2.45) is 5.92 Å². The summed E-state index contributed by atoms with van der Waals surface area (Å²) in [7, 11) is 3.85. The number of nitrogens with zero attached hydrogens (tertiary/aromatic N) is 5. The summed E-state index contributed by atoms with van der Waals surface area (Å²) < 4.78 is 11.1. The van der Waals surface area contributed by atoms with Crippen LogP contribution < -0.4 is 4.90 Å². The minimum absolute atomic E-state index is 0.0112. The highest BCUT2D eigenvalue weighted by molar-refractivity contribution is 5.91. The zero-order chi connectivity index (χ0) is 18.8. The average molecular weight is 371 g/mol. The number of carbonyl (C=O) groups excluding carboxylic acids is 1. The Morgan fingerprint density at radius 1 is 1.22 bits per heavy atom. The molecule has 8 heteroatoms. The molecule has 2 bridgehead atoms. The third kappa shape index (κ3) is 3.96. The van der Waals surface area contributed by atoms with Crippen molar-refractivity contribution in [3.05, 3.63) is 42.1 Å². The van der Waals surface area contributed by atoms with Crippen LogP contribution in [0.15, 0.2) is 35.2 Å². The predicted octanol–water partition coefficient (Wildman–Crippen LogP) is 1.11. The number of anilines is 1. The molecule has 1 amide bonds. The van der Waals surface area contributed by atoms with Gasteiger partial charge in [-0.2, -0.15) is 0 Å². The topological polar surface area (TPSA) is 74.9 Å². The second-order valence-electron chi connectivity index (χ2n) is 7.47. The highest BCUT2D eigenvalue weighted by Gasteiger charge is 2.36. The van der Waals surface area contributed by atoms with Gasteiger partial charge in [0.2, 0.25) is 5.95 Å². The van der Waals surface area contributed by atoms with Crippen molar-refractivity contribution in [1.29, 1.82) is 0 Å². The molecule has 2 aliphatic heterocycles. The van der Waals surface area contributed by atoms with Crippen molar-refractivity contribution in [1.82, 2.24) is 19.8 Å². The largest absolute Gasteiger partial charge is 0.459 e. The Balaban J connectivity index is 1.48. The van der Waals surface area contributed by atoms with Crippen molar-refractivity contribution >= 4 is 11.9 Å². The number of hydrogen-bond donors (Lipinski definition) is 0. The molecule has 0 unspecified atom stereocenters. The van der Waals surface area contributed by atoms with E-state index in [0.29, 0.717) is 31.5 Å². The highest BCUT2D eigenvalue weighted by Crippen LogP contribution is 2.23. The molecule has 2 aromatic rings. The van der Waals surface area contributed by atoms with Gasteiger partial charge in [0, 0.05) is 64.1 Å². The fourth-order valence-electron chi connectivity index (χ4n) is 3.78. The Morgan fingerprint density at radius 2 is 2.04 bits per heavy atom. The smallest absolute Gasteiger partial charge is 0.289 e. The van der Waals surface area contributed by atoms with E-state index in [9.17, 15) is 4.79 Å².